The van der Waals surface area contributed by atoms with Crippen molar-refractivity contribution in [2.24, 2.45) is 0 Å². The Labute approximate surface area is 401 Å². The summed E-state index contributed by atoms with van der Waals surface area (Å²) >= 11 is 0. The summed E-state index contributed by atoms with van der Waals surface area (Å²) in [6, 6.07) is 57.1. The van der Waals surface area contributed by atoms with Gasteiger partial charge in [0.1, 0.15) is 0 Å². The van der Waals surface area contributed by atoms with Crippen molar-refractivity contribution in [1.29, 1.82) is 0 Å². The van der Waals surface area contributed by atoms with Gasteiger partial charge in [-0.1, -0.05) is 270 Å². The van der Waals surface area contributed by atoms with E-state index in [2.05, 4.69) is 270 Å². The van der Waals surface area contributed by atoms with Gasteiger partial charge < -0.3 is 0 Å². The molecule has 0 N–H and O–H groups in total. The molecule has 0 amide bonds. The summed E-state index contributed by atoms with van der Waals surface area (Å²) in [5, 5.41) is 0. The van der Waals surface area contributed by atoms with Gasteiger partial charge in [-0.25, -0.2) is 0 Å². The molecule has 0 heterocycles. The van der Waals surface area contributed by atoms with E-state index < -0.39 is 0 Å². The summed E-state index contributed by atoms with van der Waals surface area (Å²) in [7, 11) is 0. The predicted octanol–water partition coefficient (Wildman–Crippen LogP) is 19.5. The highest BCUT2D eigenvalue weighted by Crippen LogP contribution is 2.56. The van der Waals surface area contributed by atoms with E-state index in [4.69, 9.17) is 0 Å². The van der Waals surface area contributed by atoms with Crippen molar-refractivity contribution in [3.63, 3.8) is 0 Å². The first-order valence-electron chi connectivity index (χ1n) is 24.4. The predicted molar refractivity (Wildman–Crippen MR) is 291 cm³/mol. The molecule has 7 rings (SSSR count). The quantitative estimate of drug-likeness (QED) is 0.156. The van der Waals surface area contributed by atoms with Crippen LogP contribution in [0.5, 0.6) is 0 Å². The lowest BCUT2D eigenvalue weighted by Gasteiger charge is -2.30. The second-order valence-electron chi connectivity index (χ2n) is 25.2. The second-order valence-corrected chi connectivity index (χ2v) is 25.2. The van der Waals surface area contributed by atoms with Gasteiger partial charge in [-0.05, 0) is 133 Å². The lowest BCUT2D eigenvalue weighted by atomic mass is 9.72. The molecule has 7 aromatic carbocycles. The van der Waals surface area contributed by atoms with Crippen molar-refractivity contribution >= 4 is 0 Å². The van der Waals surface area contributed by atoms with E-state index >= 15 is 0 Å². The van der Waals surface area contributed by atoms with Gasteiger partial charge in [0, 0.05) is 0 Å². The average molecular weight is 871 g/mol. The van der Waals surface area contributed by atoms with Crippen LogP contribution in [0.15, 0.2) is 146 Å². The normalized spacial score (nSPS) is 13.0. The molecule has 342 valence electrons. The third-order valence-corrected chi connectivity index (χ3v) is 13.7. The van der Waals surface area contributed by atoms with E-state index in [9.17, 15) is 0 Å². The van der Waals surface area contributed by atoms with Crippen molar-refractivity contribution in [2.45, 2.75) is 157 Å². The molecule has 66 heavy (non-hydrogen) atoms. The molecule has 0 saturated carbocycles. The summed E-state index contributed by atoms with van der Waals surface area (Å²) in [6.45, 7) is 41.6. The molecular formula is C66H78. The standard InChI is InChI=1S/C66H78/c1-61(2,3)49-31-19-43(20-32-49)55-56(44-21-33-50(34-22-44)62(4,5)6)58(46-25-37-52(38-26-46)64(10,11)12)60(48-29-41-54(42-30-48)66(16,17)18)59(47-27-39-53(40-28-47)65(13,14)15)57(55)45-23-35-51(36-24-45)63(7,8)9/h19-42H,1-18H3. The zero-order valence-corrected chi connectivity index (χ0v) is 43.9. The molecule has 0 aliphatic carbocycles. The molecule has 0 unspecified atom stereocenters. The van der Waals surface area contributed by atoms with Crippen LogP contribution >= 0.6 is 0 Å². The Bertz CT molecular complexity index is 2250. The monoisotopic (exact) mass is 871 g/mol. The molecule has 0 radical (unpaired) electrons. The molecule has 7 aromatic rings. The molecular weight excluding hydrogens is 793 g/mol. The van der Waals surface area contributed by atoms with Gasteiger partial charge in [-0.3, -0.25) is 0 Å². The number of benzene rings is 7. The van der Waals surface area contributed by atoms with Crippen molar-refractivity contribution in [1.82, 2.24) is 0 Å². The van der Waals surface area contributed by atoms with Gasteiger partial charge in [0.2, 0.25) is 0 Å². The maximum absolute atomic E-state index is 2.40. The molecule has 0 bridgehead atoms. The van der Waals surface area contributed by atoms with E-state index in [1.54, 1.807) is 0 Å². The highest BCUT2D eigenvalue weighted by atomic mass is 14.3. The Morgan fingerprint density at radius 1 is 0.152 bits per heavy atom. The molecule has 0 atom stereocenters. The minimum absolute atomic E-state index is 0.0127. The third-order valence-electron chi connectivity index (χ3n) is 13.7. The molecule has 0 aliphatic heterocycles. The second kappa shape index (κ2) is 17.3. The lowest BCUT2D eigenvalue weighted by Crippen LogP contribution is -2.12. The molecule has 0 spiro atoms. The van der Waals surface area contributed by atoms with Gasteiger partial charge in [0.05, 0.1) is 0 Å². The van der Waals surface area contributed by atoms with E-state index in [0.29, 0.717) is 0 Å². The van der Waals surface area contributed by atoms with Crippen LogP contribution < -0.4 is 0 Å². The van der Waals surface area contributed by atoms with Crippen LogP contribution in [0.4, 0.5) is 0 Å². The van der Waals surface area contributed by atoms with Crippen LogP contribution in [-0.2, 0) is 32.5 Å². The topological polar surface area (TPSA) is 0 Å². The highest BCUT2D eigenvalue weighted by Gasteiger charge is 2.31. The van der Waals surface area contributed by atoms with Crippen LogP contribution in [0.2, 0.25) is 0 Å². The van der Waals surface area contributed by atoms with Crippen LogP contribution in [0.1, 0.15) is 158 Å². The Morgan fingerprint density at radius 3 is 0.318 bits per heavy atom. The smallest absolute Gasteiger partial charge is 0.00139 e. The van der Waals surface area contributed by atoms with Gasteiger partial charge >= 0.3 is 0 Å². The van der Waals surface area contributed by atoms with Gasteiger partial charge in [-0.2, -0.15) is 0 Å². The third kappa shape index (κ3) is 10.1. The Balaban J connectivity index is 1.80. The van der Waals surface area contributed by atoms with Gasteiger partial charge in [-0.15, -0.1) is 0 Å². The fourth-order valence-electron chi connectivity index (χ4n) is 9.30. The number of hydrogen-bond acceptors (Lipinski definition) is 0. The zero-order chi connectivity index (χ0) is 48.4. The van der Waals surface area contributed by atoms with Crippen molar-refractivity contribution in [3.8, 4) is 66.8 Å². The summed E-state index contributed by atoms with van der Waals surface area (Å²) in [6.07, 6.45) is 0. The number of rotatable bonds is 6. The van der Waals surface area contributed by atoms with Crippen molar-refractivity contribution < 1.29 is 0 Å². The van der Waals surface area contributed by atoms with Gasteiger partial charge in [0.25, 0.3) is 0 Å². The van der Waals surface area contributed by atoms with Crippen LogP contribution in [0.3, 0.4) is 0 Å². The van der Waals surface area contributed by atoms with Crippen LogP contribution in [0.25, 0.3) is 66.8 Å². The first kappa shape index (κ1) is 48.5. The highest BCUT2D eigenvalue weighted by molar-refractivity contribution is 6.15. The molecule has 0 fully saturated rings. The summed E-state index contributed by atoms with van der Waals surface area (Å²) in [5.74, 6) is 0. The first-order chi connectivity index (χ1) is 30.5. The summed E-state index contributed by atoms with van der Waals surface area (Å²) in [4.78, 5) is 0. The van der Waals surface area contributed by atoms with E-state index in [0.717, 1.165) is 0 Å². The molecule has 0 aliphatic rings. The maximum atomic E-state index is 2.40. The fourth-order valence-corrected chi connectivity index (χ4v) is 9.30. The summed E-state index contributed by atoms with van der Waals surface area (Å²) in [5.41, 5.74) is 22.8. The Hall–Kier alpha value is -5.46. The lowest BCUT2D eigenvalue weighted by molar-refractivity contribution is 0.590. The summed E-state index contributed by atoms with van der Waals surface area (Å²) < 4.78 is 0. The molecule has 0 heteroatoms. The van der Waals surface area contributed by atoms with Crippen molar-refractivity contribution in [3.05, 3.63) is 179 Å². The van der Waals surface area contributed by atoms with Crippen LogP contribution in [0, 0.1) is 0 Å². The molecule has 0 nitrogen and oxygen atoms in total. The zero-order valence-electron chi connectivity index (χ0n) is 43.9. The largest absolute Gasteiger partial charge is 0.0579 e. The maximum Gasteiger partial charge on any atom is -0.00139 e. The first-order valence-corrected chi connectivity index (χ1v) is 24.4. The SMILES string of the molecule is CC(C)(C)c1ccc(-c2c(-c3ccc(C(C)(C)C)cc3)c(-c3ccc(C(C)(C)C)cc3)c(-c3ccc(C(C)(C)C)cc3)c(-c3ccc(C(C)(C)C)cc3)c2-c2ccc(C(C)(C)C)cc2)cc1. The van der Waals surface area contributed by atoms with Gasteiger partial charge in [0.15, 0.2) is 0 Å². The Morgan fingerprint density at radius 2 is 0.242 bits per heavy atom. The average Bonchev–Trinajstić information content (AvgIpc) is 3.24. The minimum atomic E-state index is 0.0127. The van der Waals surface area contributed by atoms with Crippen LogP contribution in [-0.4, -0.2) is 0 Å². The van der Waals surface area contributed by atoms with E-state index in [1.807, 2.05) is 0 Å². The molecule has 0 saturated heterocycles. The van der Waals surface area contributed by atoms with E-state index in [1.165, 1.54) is 100 Å². The number of hydrogen-bond donors (Lipinski definition) is 0. The Kier molecular flexibility index (Phi) is 12.7. The minimum Gasteiger partial charge on any atom is -0.0579 e. The molecule has 0 aromatic heterocycles. The van der Waals surface area contributed by atoms with Crippen molar-refractivity contribution in [2.75, 3.05) is 0 Å². The van der Waals surface area contributed by atoms with E-state index in [-0.39, 0.29) is 32.5 Å². The fraction of sp³-hybridized carbons (Fsp3) is 0.364.